The number of rotatable bonds is 3. The van der Waals surface area contributed by atoms with Gasteiger partial charge in [-0.25, -0.2) is 4.39 Å². The number of amides is 1. The van der Waals surface area contributed by atoms with Crippen molar-refractivity contribution in [3.05, 3.63) is 63.9 Å². The standard InChI is InChI=1S/C16H13BrFNO2/c17-11-5-6-14(18)13(8-11)16(20)19-9-12-7-10-3-1-2-4-15(10)21-12/h1-6,8,12H,7,9H2,(H,19,20). The van der Waals surface area contributed by atoms with E-state index < -0.39 is 11.7 Å². The van der Waals surface area contributed by atoms with E-state index in [-0.39, 0.29) is 11.7 Å². The number of nitrogens with one attached hydrogen (secondary N) is 1. The Hall–Kier alpha value is -1.88. The quantitative estimate of drug-likeness (QED) is 0.922. The first-order valence-corrected chi connectivity index (χ1v) is 7.40. The van der Waals surface area contributed by atoms with Crippen LogP contribution in [0.3, 0.4) is 0 Å². The van der Waals surface area contributed by atoms with Gasteiger partial charge in [0.25, 0.3) is 5.91 Å². The van der Waals surface area contributed by atoms with Crippen LogP contribution in [-0.4, -0.2) is 18.6 Å². The summed E-state index contributed by atoms with van der Waals surface area (Å²) in [5.41, 5.74) is 1.16. The smallest absolute Gasteiger partial charge is 0.254 e. The fourth-order valence-electron chi connectivity index (χ4n) is 2.34. The Balaban J connectivity index is 1.61. The fraction of sp³-hybridized carbons (Fsp3) is 0.188. The second kappa shape index (κ2) is 5.85. The molecule has 1 heterocycles. The second-order valence-electron chi connectivity index (χ2n) is 4.89. The van der Waals surface area contributed by atoms with Crippen molar-refractivity contribution in [1.82, 2.24) is 5.32 Å². The lowest BCUT2D eigenvalue weighted by Gasteiger charge is -2.12. The number of hydrogen-bond donors (Lipinski definition) is 1. The van der Waals surface area contributed by atoms with Gasteiger partial charge >= 0.3 is 0 Å². The zero-order valence-electron chi connectivity index (χ0n) is 11.1. The summed E-state index contributed by atoms with van der Waals surface area (Å²) in [7, 11) is 0. The maximum Gasteiger partial charge on any atom is 0.254 e. The lowest BCUT2D eigenvalue weighted by atomic mass is 10.1. The first-order valence-electron chi connectivity index (χ1n) is 6.61. The van der Waals surface area contributed by atoms with Crippen molar-refractivity contribution in [3.63, 3.8) is 0 Å². The van der Waals surface area contributed by atoms with Crippen LogP contribution in [0.2, 0.25) is 0 Å². The predicted molar refractivity (Wildman–Crippen MR) is 81.0 cm³/mol. The molecule has 108 valence electrons. The molecule has 21 heavy (non-hydrogen) atoms. The monoisotopic (exact) mass is 349 g/mol. The highest BCUT2D eigenvalue weighted by atomic mass is 79.9. The Morgan fingerprint density at radius 3 is 2.95 bits per heavy atom. The van der Waals surface area contributed by atoms with E-state index >= 15 is 0 Å². The Labute approximate surface area is 130 Å². The van der Waals surface area contributed by atoms with E-state index in [1.165, 1.54) is 12.1 Å². The van der Waals surface area contributed by atoms with E-state index in [1.807, 2.05) is 24.3 Å². The number of fused-ring (bicyclic) bond motifs is 1. The van der Waals surface area contributed by atoms with Crippen LogP contribution in [0.25, 0.3) is 0 Å². The van der Waals surface area contributed by atoms with Crippen LogP contribution in [0, 0.1) is 5.82 Å². The van der Waals surface area contributed by atoms with Gasteiger partial charge in [-0.3, -0.25) is 4.79 Å². The van der Waals surface area contributed by atoms with Gasteiger partial charge in [0.05, 0.1) is 12.1 Å². The molecule has 0 aliphatic carbocycles. The summed E-state index contributed by atoms with van der Waals surface area (Å²) >= 11 is 3.23. The van der Waals surface area contributed by atoms with E-state index in [0.717, 1.165) is 17.7 Å². The SMILES string of the molecule is O=C(NCC1Cc2ccccc2O1)c1cc(Br)ccc1F. The van der Waals surface area contributed by atoms with Crippen molar-refractivity contribution in [1.29, 1.82) is 0 Å². The van der Waals surface area contributed by atoms with Crippen molar-refractivity contribution in [2.45, 2.75) is 12.5 Å². The summed E-state index contributed by atoms with van der Waals surface area (Å²) in [5.74, 6) is -0.120. The van der Waals surface area contributed by atoms with Gasteiger partial charge < -0.3 is 10.1 Å². The first-order chi connectivity index (χ1) is 10.1. The van der Waals surface area contributed by atoms with Gasteiger partial charge in [-0.15, -0.1) is 0 Å². The minimum Gasteiger partial charge on any atom is -0.488 e. The number of para-hydroxylation sites is 1. The molecule has 1 N–H and O–H groups in total. The van der Waals surface area contributed by atoms with Gasteiger partial charge in [-0.2, -0.15) is 0 Å². The second-order valence-corrected chi connectivity index (χ2v) is 5.80. The fourth-order valence-corrected chi connectivity index (χ4v) is 2.70. The number of carbonyl (C=O) groups is 1. The van der Waals surface area contributed by atoms with Gasteiger partial charge in [0.15, 0.2) is 0 Å². The minimum absolute atomic E-state index is 0.0277. The molecule has 3 nitrogen and oxygen atoms in total. The average Bonchev–Trinajstić information content (AvgIpc) is 2.90. The Morgan fingerprint density at radius 2 is 2.14 bits per heavy atom. The molecule has 1 aliphatic rings. The average molecular weight is 350 g/mol. The number of hydrogen-bond acceptors (Lipinski definition) is 2. The zero-order chi connectivity index (χ0) is 14.8. The Bertz CT molecular complexity index is 665. The normalized spacial score (nSPS) is 16.2. The molecule has 3 rings (SSSR count). The molecular weight excluding hydrogens is 337 g/mol. The molecule has 1 aliphatic heterocycles. The van der Waals surface area contributed by atoms with Crippen LogP contribution in [0.1, 0.15) is 15.9 Å². The van der Waals surface area contributed by atoms with Crippen LogP contribution in [0.15, 0.2) is 46.9 Å². The van der Waals surface area contributed by atoms with Crippen molar-refractivity contribution in [3.8, 4) is 5.75 Å². The molecule has 1 unspecified atom stereocenters. The lowest BCUT2D eigenvalue weighted by molar-refractivity contribution is 0.0929. The maximum atomic E-state index is 13.6. The molecule has 0 spiro atoms. The molecule has 1 amide bonds. The maximum absolute atomic E-state index is 13.6. The van der Waals surface area contributed by atoms with Crippen molar-refractivity contribution >= 4 is 21.8 Å². The molecule has 0 bridgehead atoms. The Morgan fingerprint density at radius 1 is 1.33 bits per heavy atom. The molecule has 0 radical (unpaired) electrons. The molecule has 0 saturated heterocycles. The topological polar surface area (TPSA) is 38.3 Å². The number of benzene rings is 2. The molecule has 0 saturated carbocycles. The minimum atomic E-state index is -0.536. The van der Waals surface area contributed by atoms with Crippen molar-refractivity contribution < 1.29 is 13.9 Å². The van der Waals surface area contributed by atoms with Crippen molar-refractivity contribution in [2.75, 3.05) is 6.54 Å². The highest BCUT2D eigenvalue weighted by Gasteiger charge is 2.23. The van der Waals surface area contributed by atoms with Crippen LogP contribution < -0.4 is 10.1 Å². The third kappa shape index (κ3) is 3.08. The molecule has 5 heteroatoms. The number of carbonyl (C=O) groups excluding carboxylic acids is 1. The largest absolute Gasteiger partial charge is 0.488 e. The third-order valence-electron chi connectivity index (χ3n) is 3.38. The summed E-state index contributed by atoms with van der Waals surface area (Å²) < 4.78 is 20.0. The molecule has 0 fully saturated rings. The van der Waals surface area contributed by atoms with Gasteiger partial charge in [-0.1, -0.05) is 34.1 Å². The van der Waals surface area contributed by atoms with Gasteiger partial charge in [0, 0.05) is 10.9 Å². The van der Waals surface area contributed by atoms with Crippen LogP contribution in [0.5, 0.6) is 5.75 Å². The molecule has 2 aromatic rings. The van der Waals surface area contributed by atoms with Gasteiger partial charge in [-0.05, 0) is 29.8 Å². The van der Waals surface area contributed by atoms with E-state index in [1.54, 1.807) is 6.07 Å². The number of halogens is 2. The summed E-state index contributed by atoms with van der Waals surface area (Å²) in [6.07, 6.45) is 0.638. The predicted octanol–water partition coefficient (Wildman–Crippen LogP) is 3.32. The van der Waals surface area contributed by atoms with E-state index in [2.05, 4.69) is 21.2 Å². The zero-order valence-corrected chi connectivity index (χ0v) is 12.7. The Kier molecular flexibility index (Phi) is 3.92. The number of ether oxygens (including phenoxy) is 1. The van der Waals surface area contributed by atoms with Crippen molar-refractivity contribution in [2.24, 2.45) is 0 Å². The lowest BCUT2D eigenvalue weighted by Crippen LogP contribution is -2.34. The first kappa shape index (κ1) is 14.1. The van der Waals surface area contributed by atoms with Crippen LogP contribution in [0.4, 0.5) is 4.39 Å². The third-order valence-corrected chi connectivity index (χ3v) is 3.87. The van der Waals surface area contributed by atoms with Gasteiger partial charge in [0.1, 0.15) is 17.7 Å². The molecule has 1 atom stereocenters. The highest BCUT2D eigenvalue weighted by Crippen LogP contribution is 2.27. The van der Waals surface area contributed by atoms with E-state index in [9.17, 15) is 9.18 Å². The highest BCUT2D eigenvalue weighted by molar-refractivity contribution is 9.10. The summed E-state index contributed by atoms with van der Waals surface area (Å²) in [6, 6.07) is 12.1. The van der Waals surface area contributed by atoms with E-state index in [0.29, 0.717) is 11.0 Å². The summed E-state index contributed by atoms with van der Waals surface area (Å²) in [6.45, 7) is 0.347. The van der Waals surface area contributed by atoms with Crippen LogP contribution >= 0.6 is 15.9 Å². The summed E-state index contributed by atoms with van der Waals surface area (Å²) in [4.78, 5) is 12.0. The molecule has 0 aromatic heterocycles. The summed E-state index contributed by atoms with van der Waals surface area (Å²) in [5, 5.41) is 2.72. The molecular formula is C16H13BrFNO2. The van der Waals surface area contributed by atoms with E-state index in [4.69, 9.17) is 4.74 Å². The van der Waals surface area contributed by atoms with Gasteiger partial charge in [0.2, 0.25) is 0 Å². The molecule has 2 aromatic carbocycles. The van der Waals surface area contributed by atoms with Crippen LogP contribution in [-0.2, 0) is 6.42 Å².